The molecule has 4 rings (SSSR count). The molecule has 0 radical (unpaired) electrons. The molecule has 8 heteroatoms. The second kappa shape index (κ2) is 6.87. The maximum Gasteiger partial charge on any atom is 0.254 e. The Bertz CT molecular complexity index is 802. The van der Waals surface area contributed by atoms with Gasteiger partial charge >= 0.3 is 0 Å². The van der Waals surface area contributed by atoms with Gasteiger partial charge in [-0.1, -0.05) is 6.07 Å². The molecular formula is C18H21N5O3. The van der Waals surface area contributed by atoms with Crippen molar-refractivity contribution in [2.45, 2.75) is 37.6 Å². The number of morpholine rings is 1. The SMILES string of the molecule is Cn1cc(CN(C(=O)C2OCC(=O)NC2c2cccnc2)C2CC2)cn1. The van der Waals surface area contributed by atoms with Crippen molar-refractivity contribution in [3.8, 4) is 0 Å². The highest BCUT2D eigenvalue weighted by Crippen LogP contribution is 2.32. The average molecular weight is 355 g/mol. The first-order valence-corrected chi connectivity index (χ1v) is 8.70. The summed E-state index contributed by atoms with van der Waals surface area (Å²) in [5, 5.41) is 7.05. The summed E-state index contributed by atoms with van der Waals surface area (Å²) in [6, 6.07) is 3.31. The van der Waals surface area contributed by atoms with Gasteiger partial charge in [0.2, 0.25) is 5.91 Å². The highest BCUT2D eigenvalue weighted by molar-refractivity contribution is 5.86. The van der Waals surface area contributed by atoms with Crippen LogP contribution in [-0.2, 0) is 27.9 Å². The number of nitrogens with zero attached hydrogens (tertiary/aromatic N) is 4. The Hall–Kier alpha value is -2.74. The van der Waals surface area contributed by atoms with E-state index in [1.807, 2.05) is 24.2 Å². The van der Waals surface area contributed by atoms with Gasteiger partial charge in [-0.2, -0.15) is 5.10 Å². The molecule has 2 unspecified atom stereocenters. The number of hydrogen-bond donors (Lipinski definition) is 1. The number of ether oxygens (including phenoxy) is 1. The Balaban J connectivity index is 1.57. The van der Waals surface area contributed by atoms with Gasteiger partial charge in [0.15, 0.2) is 6.10 Å². The Morgan fingerprint density at radius 2 is 2.27 bits per heavy atom. The lowest BCUT2D eigenvalue weighted by atomic mass is 10.00. The third-order valence-electron chi connectivity index (χ3n) is 4.68. The summed E-state index contributed by atoms with van der Waals surface area (Å²) >= 11 is 0. The van der Waals surface area contributed by atoms with Crippen molar-refractivity contribution >= 4 is 11.8 Å². The van der Waals surface area contributed by atoms with E-state index in [9.17, 15) is 9.59 Å². The van der Waals surface area contributed by atoms with Crippen LogP contribution >= 0.6 is 0 Å². The van der Waals surface area contributed by atoms with Crippen molar-refractivity contribution in [1.82, 2.24) is 25.0 Å². The number of carbonyl (C=O) groups excluding carboxylic acids is 2. The molecule has 0 aromatic carbocycles. The number of aryl methyl sites for hydroxylation is 1. The van der Waals surface area contributed by atoms with E-state index < -0.39 is 12.1 Å². The van der Waals surface area contributed by atoms with Gasteiger partial charge in [0.1, 0.15) is 6.61 Å². The number of pyridine rings is 1. The summed E-state index contributed by atoms with van der Waals surface area (Å²) in [5.74, 6) is -0.335. The van der Waals surface area contributed by atoms with Crippen LogP contribution in [-0.4, -0.2) is 50.2 Å². The third-order valence-corrected chi connectivity index (χ3v) is 4.68. The number of amides is 2. The molecule has 3 heterocycles. The van der Waals surface area contributed by atoms with Crippen molar-refractivity contribution in [2.24, 2.45) is 7.05 Å². The third kappa shape index (κ3) is 3.45. The van der Waals surface area contributed by atoms with Gasteiger partial charge in [-0.3, -0.25) is 19.3 Å². The minimum atomic E-state index is -0.755. The highest BCUT2D eigenvalue weighted by atomic mass is 16.5. The van der Waals surface area contributed by atoms with Crippen LogP contribution < -0.4 is 5.32 Å². The van der Waals surface area contributed by atoms with E-state index in [-0.39, 0.29) is 24.5 Å². The van der Waals surface area contributed by atoms with Crippen molar-refractivity contribution < 1.29 is 14.3 Å². The lowest BCUT2D eigenvalue weighted by molar-refractivity contribution is -0.156. The number of hydrogen-bond acceptors (Lipinski definition) is 5. The van der Waals surface area contributed by atoms with Crippen molar-refractivity contribution in [2.75, 3.05) is 6.61 Å². The summed E-state index contributed by atoms with van der Waals surface area (Å²) in [7, 11) is 1.85. The monoisotopic (exact) mass is 355 g/mol. The Labute approximate surface area is 151 Å². The molecule has 1 aliphatic carbocycles. The van der Waals surface area contributed by atoms with Crippen LogP contribution in [0.5, 0.6) is 0 Å². The minimum Gasteiger partial charge on any atom is -0.356 e. The summed E-state index contributed by atoms with van der Waals surface area (Å²) in [5.41, 5.74) is 1.74. The molecule has 1 saturated heterocycles. The van der Waals surface area contributed by atoms with Crippen molar-refractivity contribution in [1.29, 1.82) is 0 Å². The van der Waals surface area contributed by atoms with Crippen LogP contribution in [0.4, 0.5) is 0 Å². The molecule has 8 nitrogen and oxygen atoms in total. The molecule has 1 N–H and O–H groups in total. The van der Waals surface area contributed by atoms with Crippen molar-refractivity contribution in [3.05, 3.63) is 48.0 Å². The smallest absolute Gasteiger partial charge is 0.254 e. The van der Waals surface area contributed by atoms with Crippen LogP contribution in [0.1, 0.15) is 30.0 Å². The van der Waals surface area contributed by atoms with E-state index in [1.54, 1.807) is 29.3 Å². The Morgan fingerprint density at radius 1 is 1.42 bits per heavy atom. The molecule has 0 spiro atoms. The molecule has 1 aliphatic heterocycles. The molecule has 2 aromatic rings. The molecular weight excluding hydrogens is 334 g/mol. The Kier molecular flexibility index (Phi) is 4.42. The second-order valence-electron chi connectivity index (χ2n) is 6.78. The molecule has 2 atom stereocenters. The van der Waals surface area contributed by atoms with Crippen LogP contribution in [0.3, 0.4) is 0 Å². The summed E-state index contributed by atoms with van der Waals surface area (Å²) < 4.78 is 7.39. The van der Waals surface area contributed by atoms with Crippen LogP contribution in [0.2, 0.25) is 0 Å². The quantitative estimate of drug-likeness (QED) is 0.847. The summed E-state index contributed by atoms with van der Waals surface area (Å²) in [6.45, 7) is 0.378. The molecule has 1 saturated carbocycles. The number of nitrogens with one attached hydrogen (secondary N) is 1. The van der Waals surface area contributed by atoms with Crippen LogP contribution in [0, 0.1) is 0 Å². The normalized spacial score (nSPS) is 22.7. The first-order valence-electron chi connectivity index (χ1n) is 8.70. The van der Waals surface area contributed by atoms with E-state index in [4.69, 9.17) is 4.74 Å². The number of aromatic nitrogens is 3. The summed E-state index contributed by atoms with van der Waals surface area (Å²) in [4.78, 5) is 31.1. The molecule has 136 valence electrons. The molecule has 0 bridgehead atoms. The first kappa shape index (κ1) is 16.7. The predicted molar refractivity (Wildman–Crippen MR) is 91.6 cm³/mol. The van der Waals surface area contributed by atoms with Crippen LogP contribution in [0.15, 0.2) is 36.9 Å². The summed E-state index contributed by atoms with van der Waals surface area (Å²) in [6.07, 6.45) is 8.21. The Morgan fingerprint density at radius 3 is 2.92 bits per heavy atom. The van der Waals surface area contributed by atoms with Crippen LogP contribution in [0.25, 0.3) is 0 Å². The fraction of sp³-hybridized carbons (Fsp3) is 0.444. The van der Waals surface area contributed by atoms with Gasteiger partial charge in [0.25, 0.3) is 5.91 Å². The average Bonchev–Trinajstić information content (AvgIpc) is 3.41. The zero-order valence-electron chi connectivity index (χ0n) is 14.5. The number of carbonyl (C=O) groups is 2. The highest BCUT2D eigenvalue weighted by Gasteiger charge is 2.42. The van der Waals surface area contributed by atoms with Gasteiger partial charge in [-0.05, 0) is 24.5 Å². The van der Waals surface area contributed by atoms with Gasteiger partial charge in [0.05, 0.1) is 12.2 Å². The van der Waals surface area contributed by atoms with E-state index in [2.05, 4.69) is 15.4 Å². The largest absolute Gasteiger partial charge is 0.356 e. The fourth-order valence-corrected chi connectivity index (χ4v) is 3.27. The van der Waals surface area contributed by atoms with E-state index in [0.717, 1.165) is 24.0 Å². The molecule has 2 amide bonds. The second-order valence-corrected chi connectivity index (χ2v) is 6.78. The standard InChI is InChI=1S/C18H21N5O3/c1-22-9-12(7-20-22)10-23(14-4-5-14)18(25)17-16(21-15(24)11-26-17)13-3-2-6-19-8-13/h2-3,6-9,14,16-17H,4-5,10-11H2,1H3,(H,21,24). The maximum absolute atomic E-state index is 13.3. The molecule has 2 aliphatic rings. The predicted octanol–water partition coefficient (Wildman–Crippen LogP) is 0.562. The fourth-order valence-electron chi connectivity index (χ4n) is 3.27. The van der Waals surface area contributed by atoms with E-state index in [1.165, 1.54) is 0 Å². The van der Waals surface area contributed by atoms with Gasteiger partial charge in [-0.25, -0.2) is 0 Å². The molecule has 26 heavy (non-hydrogen) atoms. The van der Waals surface area contributed by atoms with E-state index in [0.29, 0.717) is 6.54 Å². The first-order chi connectivity index (χ1) is 12.6. The lowest BCUT2D eigenvalue weighted by Gasteiger charge is -2.35. The molecule has 2 aromatic heterocycles. The van der Waals surface area contributed by atoms with Gasteiger partial charge in [0, 0.05) is 43.8 Å². The van der Waals surface area contributed by atoms with Gasteiger partial charge < -0.3 is 15.0 Å². The maximum atomic E-state index is 13.3. The van der Waals surface area contributed by atoms with Crippen molar-refractivity contribution in [3.63, 3.8) is 0 Å². The topological polar surface area (TPSA) is 89.4 Å². The zero-order chi connectivity index (χ0) is 18.1. The number of rotatable bonds is 5. The molecule has 2 fully saturated rings. The van der Waals surface area contributed by atoms with E-state index >= 15 is 0 Å². The zero-order valence-corrected chi connectivity index (χ0v) is 14.5. The lowest BCUT2D eigenvalue weighted by Crippen LogP contribution is -2.53. The van der Waals surface area contributed by atoms with Gasteiger partial charge in [-0.15, -0.1) is 0 Å². The minimum absolute atomic E-state index is 0.106.